The normalized spacial score (nSPS) is 25.7. The smallest absolute Gasteiger partial charge is 0.204 e. The van der Waals surface area contributed by atoms with E-state index >= 15 is 0 Å². The molecule has 0 saturated carbocycles. The van der Waals surface area contributed by atoms with E-state index in [2.05, 4.69) is 38.8 Å². The lowest BCUT2D eigenvalue weighted by Gasteiger charge is -2.39. The summed E-state index contributed by atoms with van der Waals surface area (Å²) in [7, 11) is -5.72. The van der Waals surface area contributed by atoms with Gasteiger partial charge in [-0.25, -0.2) is 8.42 Å². The van der Waals surface area contributed by atoms with Crippen LogP contribution in [0.3, 0.4) is 0 Å². The Hall–Kier alpha value is -0.733. The number of hydrogen-bond donors (Lipinski definition) is 0. The maximum atomic E-state index is 13.6. The summed E-state index contributed by atoms with van der Waals surface area (Å²) in [5.41, 5.74) is 0. The molecule has 0 unspecified atom stereocenters. The number of alkyl halides is 1. The van der Waals surface area contributed by atoms with Crippen molar-refractivity contribution in [1.82, 2.24) is 4.90 Å². The van der Waals surface area contributed by atoms with Crippen molar-refractivity contribution in [3.8, 4) is 0 Å². The van der Waals surface area contributed by atoms with Gasteiger partial charge in [0.05, 0.1) is 26.9 Å². The minimum Gasteiger partial charge on any atom is -0.410 e. The van der Waals surface area contributed by atoms with Crippen molar-refractivity contribution in [1.29, 1.82) is 0 Å². The van der Waals surface area contributed by atoms with Crippen LogP contribution in [0.15, 0.2) is 46.2 Å². The van der Waals surface area contributed by atoms with Crippen LogP contribution >= 0.6 is 23.8 Å². The second kappa shape index (κ2) is 8.66. The van der Waals surface area contributed by atoms with Crippen LogP contribution in [0, 0.1) is 0 Å². The average molecular weight is 486 g/mol. The van der Waals surface area contributed by atoms with Gasteiger partial charge in [0, 0.05) is 18.3 Å². The number of nitrogens with zero attached hydrogens (tertiary/aromatic N) is 1. The Bertz CT molecular complexity index is 925. The van der Waals surface area contributed by atoms with Crippen molar-refractivity contribution in [2.24, 2.45) is 0 Å². The third kappa shape index (κ3) is 4.55. The van der Waals surface area contributed by atoms with Crippen LogP contribution in [0.1, 0.15) is 40.0 Å². The van der Waals surface area contributed by atoms with Crippen molar-refractivity contribution in [2.75, 3.05) is 5.88 Å². The summed E-state index contributed by atoms with van der Waals surface area (Å²) in [5.74, 6) is 0.434. The van der Waals surface area contributed by atoms with Crippen molar-refractivity contribution in [2.45, 2.75) is 81.2 Å². The molecule has 0 radical (unpaired) electrons. The fourth-order valence-electron chi connectivity index (χ4n) is 3.93. The number of thiocarbonyl (C=S) groups is 1. The second-order valence-electron chi connectivity index (χ2n) is 9.70. The molecule has 2 aliphatic rings. The molecule has 4 nitrogen and oxygen atoms in total. The summed E-state index contributed by atoms with van der Waals surface area (Å²) in [6.07, 6.45) is 3.81. The fourth-order valence-corrected chi connectivity index (χ4v) is 7.59. The van der Waals surface area contributed by atoms with Crippen LogP contribution < -0.4 is 0 Å². The molecular weight excluding hydrogens is 454 g/mol. The van der Waals surface area contributed by atoms with E-state index in [4.69, 9.17) is 28.2 Å². The molecule has 30 heavy (non-hydrogen) atoms. The van der Waals surface area contributed by atoms with E-state index < -0.39 is 18.2 Å². The highest BCUT2D eigenvalue weighted by molar-refractivity contribution is 7.95. The first-order chi connectivity index (χ1) is 13.9. The molecule has 1 saturated heterocycles. The number of hydrogen-bond acceptors (Lipinski definition) is 4. The molecule has 166 valence electrons. The van der Waals surface area contributed by atoms with Gasteiger partial charge in [-0.1, -0.05) is 51.2 Å². The largest absolute Gasteiger partial charge is 0.410 e. The molecule has 0 bridgehead atoms. The van der Waals surface area contributed by atoms with E-state index in [0.717, 1.165) is 17.8 Å². The molecular formula is C22H32ClNO3S2Si. The molecule has 1 aliphatic carbocycles. The molecule has 1 aromatic rings. The Labute approximate surface area is 192 Å². The number of benzene rings is 1. The average Bonchev–Trinajstić information content (AvgIpc) is 3.24. The Morgan fingerprint density at radius 2 is 1.87 bits per heavy atom. The van der Waals surface area contributed by atoms with E-state index in [0.29, 0.717) is 22.1 Å². The highest BCUT2D eigenvalue weighted by Gasteiger charge is 2.46. The minimum absolute atomic E-state index is 0.0407. The maximum absolute atomic E-state index is 13.6. The minimum atomic E-state index is -3.65. The van der Waals surface area contributed by atoms with Crippen LogP contribution in [0.25, 0.3) is 0 Å². The molecule has 1 aliphatic heterocycles. The van der Waals surface area contributed by atoms with Crippen molar-refractivity contribution in [3.05, 3.63) is 41.3 Å². The number of halogens is 1. The molecule has 0 N–H and O–H groups in total. The summed E-state index contributed by atoms with van der Waals surface area (Å²) >= 11 is 11.9. The lowest BCUT2D eigenvalue weighted by molar-refractivity contribution is 0.193. The van der Waals surface area contributed by atoms with Gasteiger partial charge in [-0.15, -0.1) is 11.6 Å². The van der Waals surface area contributed by atoms with Gasteiger partial charge in [-0.2, -0.15) is 0 Å². The van der Waals surface area contributed by atoms with Gasteiger partial charge < -0.3 is 9.33 Å². The highest BCUT2D eigenvalue weighted by Crippen LogP contribution is 2.42. The van der Waals surface area contributed by atoms with E-state index in [1.54, 1.807) is 24.3 Å². The predicted molar refractivity (Wildman–Crippen MR) is 130 cm³/mol. The van der Waals surface area contributed by atoms with Gasteiger partial charge in [0.15, 0.2) is 8.32 Å². The number of rotatable bonds is 6. The Kier molecular flexibility index (Phi) is 6.90. The van der Waals surface area contributed by atoms with Crippen molar-refractivity contribution in [3.63, 3.8) is 0 Å². The third-order valence-corrected chi connectivity index (χ3v) is 13.8. The van der Waals surface area contributed by atoms with Gasteiger partial charge in [0.1, 0.15) is 0 Å². The molecule has 0 aromatic heterocycles. The zero-order valence-corrected chi connectivity index (χ0v) is 21.8. The van der Waals surface area contributed by atoms with Crippen LogP contribution in [0.4, 0.5) is 0 Å². The number of likely N-dealkylation sites (tertiary alicyclic amines) is 1. The molecule has 3 rings (SSSR count). The monoisotopic (exact) mass is 485 g/mol. The Morgan fingerprint density at radius 3 is 2.43 bits per heavy atom. The summed E-state index contributed by atoms with van der Waals surface area (Å²) in [6, 6.07) is 8.36. The van der Waals surface area contributed by atoms with E-state index in [1.165, 1.54) is 0 Å². The quantitative estimate of drug-likeness (QED) is 0.301. The Morgan fingerprint density at radius 1 is 1.23 bits per heavy atom. The standard InChI is InChI=1S/C22H32ClNO3S2Si/c1-22(2,3)30(4,5)27-17-13-19(24-16(15-23)11-12-21(24)28)20(14-17)29(25,26)18-9-7-6-8-10-18/h6-10,14,16-17,19H,11-13,15H2,1-5H3/t16-,17+,19-/m0/s1. The Balaban J connectivity index is 2.02. The maximum Gasteiger partial charge on any atom is 0.204 e. The summed E-state index contributed by atoms with van der Waals surface area (Å²) < 4.78 is 33.8. The first-order valence-corrected chi connectivity index (χ1v) is 15.8. The molecule has 1 heterocycles. The van der Waals surface area contributed by atoms with Crippen molar-refractivity contribution >= 4 is 47.0 Å². The van der Waals surface area contributed by atoms with Gasteiger partial charge >= 0.3 is 0 Å². The summed E-state index contributed by atoms with van der Waals surface area (Å²) in [5, 5.41) is 0.0407. The lowest BCUT2D eigenvalue weighted by Crippen LogP contribution is -2.46. The molecule has 3 atom stereocenters. The van der Waals surface area contributed by atoms with Crippen LogP contribution in [0.5, 0.6) is 0 Å². The van der Waals surface area contributed by atoms with E-state index in [-0.39, 0.29) is 23.2 Å². The second-order valence-corrected chi connectivity index (χ2v) is 17.2. The van der Waals surface area contributed by atoms with Crippen molar-refractivity contribution < 1.29 is 12.8 Å². The highest BCUT2D eigenvalue weighted by atomic mass is 35.5. The zero-order valence-electron chi connectivity index (χ0n) is 18.4. The van der Waals surface area contributed by atoms with E-state index in [1.807, 2.05) is 12.1 Å². The first-order valence-electron chi connectivity index (χ1n) is 10.5. The predicted octanol–water partition coefficient (Wildman–Crippen LogP) is 5.54. The van der Waals surface area contributed by atoms with Crippen LogP contribution in [-0.4, -0.2) is 50.7 Å². The van der Waals surface area contributed by atoms with Gasteiger partial charge in [0.25, 0.3) is 0 Å². The fraction of sp³-hybridized carbons (Fsp3) is 0.591. The zero-order chi connectivity index (χ0) is 22.3. The number of sulfone groups is 1. The molecule has 0 amide bonds. The molecule has 8 heteroatoms. The lowest BCUT2D eigenvalue weighted by atomic mass is 10.2. The van der Waals surface area contributed by atoms with Crippen LogP contribution in [0.2, 0.25) is 18.1 Å². The van der Waals surface area contributed by atoms with Gasteiger partial charge in [-0.05, 0) is 49.2 Å². The summed E-state index contributed by atoms with van der Waals surface area (Å²) in [6.45, 7) is 11.0. The van der Waals surface area contributed by atoms with Gasteiger partial charge in [-0.3, -0.25) is 0 Å². The third-order valence-electron chi connectivity index (χ3n) is 6.64. The van der Waals surface area contributed by atoms with E-state index in [9.17, 15) is 8.42 Å². The van der Waals surface area contributed by atoms with Crippen LogP contribution in [-0.2, 0) is 14.3 Å². The molecule has 0 spiro atoms. The summed E-state index contributed by atoms with van der Waals surface area (Å²) in [4.78, 5) is 3.58. The van der Waals surface area contributed by atoms with Gasteiger partial charge in [0.2, 0.25) is 9.84 Å². The molecule has 1 fully saturated rings. The first kappa shape index (κ1) is 23.9. The SMILES string of the molecule is CC(C)(C)[Si](C)(C)O[C@H]1C=C(S(=O)(=O)c2ccccc2)[C@@H](N2C(=S)CC[C@H]2CCl)C1. The topological polar surface area (TPSA) is 46.6 Å². The molecule has 1 aromatic carbocycles.